The van der Waals surface area contributed by atoms with E-state index in [9.17, 15) is 0 Å². The van der Waals surface area contributed by atoms with Gasteiger partial charge in [0.2, 0.25) is 0 Å². The zero-order valence-corrected chi connectivity index (χ0v) is 14.8. The molecule has 0 amide bonds. The number of halogens is 1. The maximum atomic E-state index is 5.39. The molecular formula is C17H21BrN4O. The van der Waals surface area contributed by atoms with Crippen LogP contribution in [0.1, 0.15) is 12.5 Å². The summed E-state index contributed by atoms with van der Waals surface area (Å²) >= 11 is 3.52. The number of aromatic nitrogens is 2. The van der Waals surface area contributed by atoms with Gasteiger partial charge in [0.05, 0.1) is 13.2 Å². The van der Waals surface area contributed by atoms with Crippen molar-refractivity contribution in [2.45, 2.75) is 19.4 Å². The van der Waals surface area contributed by atoms with Crippen molar-refractivity contribution in [3.05, 3.63) is 46.7 Å². The number of benzene rings is 1. The van der Waals surface area contributed by atoms with Crippen LogP contribution < -0.4 is 10.2 Å². The minimum Gasteiger partial charge on any atom is -0.378 e. The highest BCUT2D eigenvalue weighted by Crippen LogP contribution is 2.18. The molecule has 5 nitrogen and oxygen atoms in total. The summed E-state index contributed by atoms with van der Waals surface area (Å²) in [4.78, 5) is 11.0. The first-order valence-electron chi connectivity index (χ1n) is 7.86. The topological polar surface area (TPSA) is 50.3 Å². The van der Waals surface area contributed by atoms with Gasteiger partial charge in [0.25, 0.3) is 0 Å². The molecule has 1 unspecified atom stereocenters. The van der Waals surface area contributed by atoms with E-state index in [1.165, 1.54) is 5.56 Å². The molecule has 0 radical (unpaired) electrons. The molecule has 0 saturated carbocycles. The summed E-state index contributed by atoms with van der Waals surface area (Å²) < 4.78 is 6.50. The van der Waals surface area contributed by atoms with Crippen molar-refractivity contribution in [3.63, 3.8) is 0 Å². The van der Waals surface area contributed by atoms with Crippen molar-refractivity contribution in [2.75, 3.05) is 36.5 Å². The number of morpholine rings is 1. The Morgan fingerprint density at radius 1 is 1.26 bits per heavy atom. The second-order valence-corrected chi connectivity index (χ2v) is 6.66. The van der Waals surface area contributed by atoms with Crippen LogP contribution in [0, 0.1) is 0 Å². The third-order valence-electron chi connectivity index (χ3n) is 3.81. The Morgan fingerprint density at radius 2 is 2.09 bits per heavy atom. The zero-order chi connectivity index (χ0) is 16.1. The number of anilines is 2. The highest BCUT2D eigenvalue weighted by atomic mass is 79.9. The lowest BCUT2D eigenvalue weighted by Crippen LogP contribution is -2.36. The lowest BCUT2D eigenvalue weighted by atomic mass is 10.1. The Hall–Kier alpha value is -1.66. The first-order chi connectivity index (χ1) is 11.2. The van der Waals surface area contributed by atoms with Gasteiger partial charge in [-0.25, -0.2) is 9.97 Å². The van der Waals surface area contributed by atoms with E-state index in [1.54, 1.807) is 6.33 Å². The van der Waals surface area contributed by atoms with Crippen LogP contribution in [0.4, 0.5) is 11.6 Å². The summed E-state index contributed by atoms with van der Waals surface area (Å²) in [6, 6.07) is 10.7. The van der Waals surface area contributed by atoms with Gasteiger partial charge in [0.15, 0.2) is 0 Å². The van der Waals surface area contributed by atoms with Crippen molar-refractivity contribution >= 4 is 27.6 Å². The Morgan fingerprint density at radius 3 is 2.87 bits per heavy atom. The summed E-state index contributed by atoms with van der Waals surface area (Å²) in [7, 11) is 0. The molecule has 1 fully saturated rings. The molecule has 1 N–H and O–H groups in total. The first kappa shape index (κ1) is 16.2. The van der Waals surface area contributed by atoms with Gasteiger partial charge in [-0.05, 0) is 31.0 Å². The number of nitrogens with one attached hydrogen (secondary N) is 1. The Bertz CT molecular complexity index is 646. The van der Waals surface area contributed by atoms with Crippen LogP contribution in [0.5, 0.6) is 0 Å². The van der Waals surface area contributed by atoms with Gasteiger partial charge in [-0.2, -0.15) is 0 Å². The predicted octanol–water partition coefficient (Wildman–Crippen LogP) is 3.12. The smallest absolute Gasteiger partial charge is 0.134 e. The Balaban J connectivity index is 1.62. The van der Waals surface area contributed by atoms with Crippen LogP contribution in [-0.4, -0.2) is 42.3 Å². The van der Waals surface area contributed by atoms with E-state index in [-0.39, 0.29) is 6.04 Å². The molecule has 0 bridgehead atoms. The molecule has 1 saturated heterocycles. The molecule has 2 heterocycles. The summed E-state index contributed by atoms with van der Waals surface area (Å²) in [6.07, 6.45) is 2.56. The van der Waals surface area contributed by atoms with E-state index in [1.807, 2.05) is 12.1 Å². The van der Waals surface area contributed by atoms with Crippen molar-refractivity contribution in [2.24, 2.45) is 0 Å². The van der Waals surface area contributed by atoms with Gasteiger partial charge in [0, 0.05) is 29.7 Å². The minimum atomic E-state index is 0.289. The van der Waals surface area contributed by atoms with Crippen LogP contribution in [0.25, 0.3) is 0 Å². The van der Waals surface area contributed by atoms with Crippen molar-refractivity contribution in [1.82, 2.24) is 9.97 Å². The largest absolute Gasteiger partial charge is 0.378 e. The fourth-order valence-electron chi connectivity index (χ4n) is 2.71. The average molecular weight is 377 g/mol. The second-order valence-electron chi connectivity index (χ2n) is 5.74. The van der Waals surface area contributed by atoms with Gasteiger partial charge in [-0.15, -0.1) is 0 Å². The fourth-order valence-corrected chi connectivity index (χ4v) is 3.16. The van der Waals surface area contributed by atoms with Crippen LogP contribution in [0.2, 0.25) is 0 Å². The highest BCUT2D eigenvalue weighted by Gasteiger charge is 2.13. The molecule has 122 valence electrons. The second kappa shape index (κ2) is 7.75. The van der Waals surface area contributed by atoms with Crippen molar-refractivity contribution in [1.29, 1.82) is 0 Å². The Kier molecular flexibility index (Phi) is 5.46. The van der Waals surface area contributed by atoms with Crippen LogP contribution in [0.15, 0.2) is 41.1 Å². The van der Waals surface area contributed by atoms with E-state index >= 15 is 0 Å². The van der Waals surface area contributed by atoms with Gasteiger partial charge < -0.3 is 15.0 Å². The normalized spacial score (nSPS) is 16.2. The third kappa shape index (κ3) is 4.65. The first-order valence-corrected chi connectivity index (χ1v) is 8.66. The maximum absolute atomic E-state index is 5.39. The van der Waals surface area contributed by atoms with E-state index in [0.717, 1.165) is 48.8 Å². The van der Waals surface area contributed by atoms with Crippen LogP contribution in [-0.2, 0) is 11.2 Å². The standard InChI is InChI=1S/C17H21BrN4O/c1-13(9-14-3-2-4-15(18)10-14)21-16-11-17(20-12-19-16)22-5-7-23-8-6-22/h2-4,10-13H,5-9H2,1H3,(H,19,20,21). The fraction of sp³-hybridized carbons (Fsp3) is 0.412. The number of rotatable bonds is 5. The molecule has 1 aliphatic rings. The summed E-state index contributed by atoms with van der Waals surface area (Å²) in [5, 5.41) is 3.46. The summed E-state index contributed by atoms with van der Waals surface area (Å²) in [5.41, 5.74) is 1.29. The zero-order valence-electron chi connectivity index (χ0n) is 13.2. The molecule has 3 rings (SSSR count). The van der Waals surface area contributed by atoms with Crippen molar-refractivity contribution < 1.29 is 4.74 Å². The molecule has 1 aromatic heterocycles. The summed E-state index contributed by atoms with van der Waals surface area (Å²) in [6.45, 7) is 5.43. The lowest BCUT2D eigenvalue weighted by molar-refractivity contribution is 0.122. The van der Waals surface area contributed by atoms with E-state index in [0.29, 0.717) is 0 Å². The monoisotopic (exact) mass is 376 g/mol. The number of hydrogen-bond donors (Lipinski definition) is 1. The molecule has 0 spiro atoms. The molecule has 1 aromatic carbocycles. The molecule has 1 atom stereocenters. The third-order valence-corrected chi connectivity index (χ3v) is 4.31. The predicted molar refractivity (Wildman–Crippen MR) is 96.0 cm³/mol. The molecule has 6 heteroatoms. The van der Waals surface area contributed by atoms with Crippen LogP contribution in [0.3, 0.4) is 0 Å². The molecule has 23 heavy (non-hydrogen) atoms. The van der Waals surface area contributed by atoms with E-state index in [2.05, 4.69) is 61.2 Å². The quantitative estimate of drug-likeness (QED) is 0.868. The van der Waals surface area contributed by atoms with E-state index < -0.39 is 0 Å². The van der Waals surface area contributed by atoms with E-state index in [4.69, 9.17) is 4.74 Å². The molecular weight excluding hydrogens is 356 g/mol. The van der Waals surface area contributed by atoms with Gasteiger partial charge in [-0.3, -0.25) is 0 Å². The minimum absolute atomic E-state index is 0.289. The highest BCUT2D eigenvalue weighted by molar-refractivity contribution is 9.10. The number of ether oxygens (including phenoxy) is 1. The van der Waals surface area contributed by atoms with Gasteiger partial charge in [-0.1, -0.05) is 28.1 Å². The Labute approximate surface area is 145 Å². The molecule has 1 aliphatic heterocycles. The molecule has 2 aromatic rings. The van der Waals surface area contributed by atoms with Crippen molar-refractivity contribution in [3.8, 4) is 0 Å². The SMILES string of the molecule is CC(Cc1cccc(Br)c1)Nc1cc(N2CCOCC2)ncn1. The number of nitrogens with zero attached hydrogens (tertiary/aromatic N) is 3. The lowest BCUT2D eigenvalue weighted by Gasteiger charge is -2.28. The molecule has 0 aliphatic carbocycles. The van der Waals surface area contributed by atoms with Gasteiger partial charge >= 0.3 is 0 Å². The maximum Gasteiger partial charge on any atom is 0.134 e. The summed E-state index contributed by atoms with van der Waals surface area (Å²) in [5.74, 6) is 1.82. The van der Waals surface area contributed by atoms with Gasteiger partial charge in [0.1, 0.15) is 18.0 Å². The number of hydrogen-bond acceptors (Lipinski definition) is 5. The van der Waals surface area contributed by atoms with Crippen LogP contribution >= 0.6 is 15.9 Å². The average Bonchev–Trinajstić information content (AvgIpc) is 2.56.